The van der Waals surface area contributed by atoms with Gasteiger partial charge in [0.15, 0.2) is 0 Å². The number of rotatable bonds is 7. The maximum Gasteiger partial charge on any atom is 0.240 e. The molecule has 3 aromatic carbocycles. The summed E-state index contributed by atoms with van der Waals surface area (Å²) in [6.45, 7) is 0. The minimum atomic E-state index is -0.531. The van der Waals surface area contributed by atoms with E-state index in [0.29, 0.717) is 17.8 Å². The van der Waals surface area contributed by atoms with E-state index in [-0.39, 0.29) is 0 Å². The van der Waals surface area contributed by atoms with E-state index >= 15 is 0 Å². The van der Waals surface area contributed by atoms with Gasteiger partial charge >= 0.3 is 0 Å². The van der Waals surface area contributed by atoms with Gasteiger partial charge in [0.1, 0.15) is 6.04 Å². The maximum absolute atomic E-state index is 11.1. The Morgan fingerprint density at radius 1 is 0.690 bits per heavy atom. The second kappa shape index (κ2) is 9.65. The standard InChI is InChI=1S/C23H15N3O3/c27-14-24-20-9-5-17(6-10-20)13-19-3-1-2-4-22(19)23(26-16-29)18-7-11-21(12-8-18)25-15-28/h1-12,23H,13H2. The third-order valence-electron chi connectivity index (χ3n) is 4.42. The Morgan fingerprint density at radius 2 is 1.28 bits per heavy atom. The van der Waals surface area contributed by atoms with Gasteiger partial charge in [-0.15, -0.1) is 0 Å². The summed E-state index contributed by atoms with van der Waals surface area (Å²) in [6.07, 6.45) is 5.29. The molecule has 1 atom stereocenters. The smallest absolute Gasteiger partial charge is 0.211 e. The van der Waals surface area contributed by atoms with E-state index in [1.54, 1.807) is 42.5 Å². The molecule has 0 saturated carbocycles. The normalized spacial score (nSPS) is 10.8. The molecule has 0 aliphatic carbocycles. The van der Waals surface area contributed by atoms with Crippen molar-refractivity contribution in [2.45, 2.75) is 12.5 Å². The fourth-order valence-electron chi connectivity index (χ4n) is 3.08. The van der Waals surface area contributed by atoms with Gasteiger partial charge in [0.25, 0.3) is 0 Å². The second-order valence-electron chi connectivity index (χ2n) is 6.16. The molecule has 6 heteroatoms. The van der Waals surface area contributed by atoms with Crippen molar-refractivity contribution in [2.24, 2.45) is 15.0 Å². The fourth-order valence-corrected chi connectivity index (χ4v) is 3.08. The molecule has 3 rings (SSSR count). The molecule has 0 saturated heterocycles. The van der Waals surface area contributed by atoms with Gasteiger partial charge in [-0.3, -0.25) is 0 Å². The summed E-state index contributed by atoms with van der Waals surface area (Å²) in [5.41, 5.74) is 4.69. The van der Waals surface area contributed by atoms with Crippen molar-refractivity contribution < 1.29 is 14.4 Å². The SMILES string of the molecule is O=C=Nc1ccc(Cc2ccccc2C(N=C=O)c2ccc(N=C=O)cc2)cc1. The average molecular weight is 381 g/mol. The number of hydrogen-bond acceptors (Lipinski definition) is 6. The molecule has 6 nitrogen and oxygen atoms in total. The van der Waals surface area contributed by atoms with Gasteiger partial charge in [-0.25, -0.2) is 14.4 Å². The summed E-state index contributed by atoms with van der Waals surface area (Å²) in [4.78, 5) is 43.0. The summed E-state index contributed by atoms with van der Waals surface area (Å²) in [5, 5.41) is 0. The highest BCUT2D eigenvalue weighted by Gasteiger charge is 2.17. The van der Waals surface area contributed by atoms with E-state index in [2.05, 4.69) is 15.0 Å². The number of carbonyl (C=O) groups excluding carboxylic acids is 3. The van der Waals surface area contributed by atoms with Crippen molar-refractivity contribution in [1.82, 2.24) is 0 Å². The predicted octanol–water partition coefficient (Wildman–Crippen LogP) is 4.64. The molecule has 3 aromatic rings. The number of nitrogens with zero attached hydrogens (tertiary/aromatic N) is 3. The highest BCUT2D eigenvalue weighted by Crippen LogP contribution is 2.31. The lowest BCUT2D eigenvalue weighted by molar-refractivity contribution is 0.560. The van der Waals surface area contributed by atoms with Crippen LogP contribution in [0.5, 0.6) is 0 Å². The molecule has 0 N–H and O–H groups in total. The average Bonchev–Trinajstić information content (AvgIpc) is 2.75. The van der Waals surface area contributed by atoms with E-state index < -0.39 is 6.04 Å². The number of benzene rings is 3. The second-order valence-corrected chi connectivity index (χ2v) is 6.16. The third kappa shape index (κ3) is 4.95. The molecule has 0 aliphatic rings. The van der Waals surface area contributed by atoms with Gasteiger partial charge in [-0.2, -0.15) is 15.0 Å². The molecule has 0 fully saturated rings. The molecular weight excluding hydrogens is 366 g/mol. The lowest BCUT2D eigenvalue weighted by Crippen LogP contribution is -2.03. The van der Waals surface area contributed by atoms with Crippen molar-refractivity contribution in [2.75, 3.05) is 0 Å². The van der Waals surface area contributed by atoms with Crippen molar-refractivity contribution >= 4 is 29.6 Å². The Morgan fingerprint density at radius 3 is 1.86 bits per heavy atom. The molecule has 0 aliphatic heterocycles. The molecule has 1 unspecified atom stereocenters. The quantitative estimate of drug-likeness (QED) is 0.441. The summed E-state index contributed by atoms with van der Waals surface area (Å²) < 4.78 is 0. The van der Waals surface area contributed by atoms with Crippen LogP contribution in [0.4, 0.5) is 11.4 Å². The first-order chi connectivity index (χ1) is 14.2. The third-order valence-corrected chi connectivity index (χ3v) is 4.42. The highest BCUT2D eigenvalue weighted by molar-refractivity contribution is 5.52. The van der Waals surface area contributed by atoms with Crippen molar-refractivity contribution in [1.29, 1.82) is 0 Å². The molecule has 0 radical (unpaired) electrons. The van der Waals surface area contributed by atoms with Crippen LogP contribution in [0, 0.1) is 0 Å². The molecule has 0 aromatic heterocycles. The molecular formula is C23H15N3O3. The van der Waals surface area contributed by atoms with E-state index in [0.717, 1.165) is 22.3 Å². The van der Waals surface area contributed by atoms with E-state index in [4.69, 9.17) is 0 Å². The predicted molar refractivity (Wildman–Crippen MR) is 108 cm³/mol. The Labute approximate surface area is 167 Å². The van der Waals surface area contributed by atoms with Gasteiger partial charge in [0.05, 0.1) is 11.4 Å². The van der Waals surface area contributed by atoms with Crippen LogP contribution >= 0.6 is 0 Å². The number of isocyanates is 3. The molecule has 0 heterocycles. The van der Waals surface area contributed by atoms with Crippen LogP contribution in [0.1, 0.15) is 28.3 Å². The zero-order valence-electron chi connectivity index (χ0n) is 15.3. The van der Waals surface area contributed by atoms with Crippen LogP contribution in [0.2, 0.25) is 0 Å². The Balaban J connectivity index is 1.96. The minimum Gasteiger partial charge on any atom is -0.211 e. The molecule has 0 amide bonds. The Kier molecular flexibility index (Phi) is 6.51. The summed E-state index contributed by atoms with van der Waals surface area (Å²) >= 11 is 0. The van der Waals surface area contributed by atoms with Gasteiger partial charge < -0.3 is 0 Å². The number of aliphatic imine (C=N–C) groups is 3. The zero-order valence-corrected chi connectivity index (χ0v) is 15.3. The molecule has 0 spiro atoms. The van der Waals surface area contributed by atoms with Crippen LogP contribution in [0.15, 0.2) is 87.8 Å². The highest BCUT2D eigenvalue weighted by atomic mass is 16.1. The summed E-state index contributed by atoms with van der Waals surface area (Å²) in [7, 11) is 0. The fraction of sp³-hybridized carbons (Fsp3) is 0.0870. The molecule has 29 heavy (non-hydrogen) atoms. The van der Waals surface area contributed by atoms with Crippen LogP contribution in [0.3, 0.4) is 0 Å². The largest absolute Gasteiger partial charge is 0.240 e. The summed E-state index contributed by atoms with van der Waals surface area (Å²) in [5.74, 6) is 0. The number of hydrogen-bond donors (Lipinski definition) is 0. The zero-order chi connectivity index (χ0) is 20.5. The molecule has 0 bridgehead atoms. The van der Waals surface area contributed by atoms with E-state index in [9.17, 15) is 14.4 Å². The van der Waals surface area contributed by atoms with E-state index in [1.807, 2.05) is 36.4 Å². The minimum absolute atomic E-state index is 0.476. The first kappa shape index (κ1) is 19.6. The van der Waals surface area contributed by atoms with Crippen LogP contribution < -0.4 is 0 Å². The Bertz CT molecular complexity index is 1130. The van der Waals surface area contributed by atoms with Gasteiger partial charge in [-0.05, 0) is 52.9 Å². The van der Waals surface area contributed by atoms with Crippen molar-refractivity contribution in [3.05, 3.63) is 95.1 Å². The summed E-state index contributed by atoms with van der Waals surface area (Å²) in [6, 6.07) is 21.3. The van der Waals surface area contributed by atoms with Gasteiger partial charge in [0.2, 0.25) is 18.2 Å². The van der Waals surface area contributed by atoms with Crippen LogP contribution in [-0.4, -0.2) is 18.2 Å². The van der Waals surface area contributed by atoms with Crippen molar-refractivity contribution in [3.8, 4) is 0 Å². The van der Waals surface area contributed by atoms with Crippen LogP contribution in [0.25, 0.3) is 0 Å². The first-order valence-electron chi connectivity index (χ1n) is 8.74. The van der Waals surface area contributed by atoms with Crippen LogP contribution in [-0.2, 0) is 20.8 Å². The van der Waals surface area contributed by atoms with Gasteiger partial charge in [0, 0.05) is 0 Å². The first-order valence-corrected chi connectivity index (χ1v) is 8.74. The lowest BCUT2D eigenvalue weighted by atomic mass is 9.91. The van der Waals surface area contributed by atoms with Crippen molar-refractivity contribution in [3.63, 3.8) is 0 Å². The van der Waals surface area contributed by atoms with Gasteiger partial charge in [-0.1, -0.05) is 48.5 Å². The monoisotopic (exact) mass is 381 g/mol. The topological polar surface area (TPSA) is 88.3 Å². The van der Waals surface area contributed by atoms with E-state index in [1.165, 1.54) is 12.2 Å². The maximum atomic E-state index is 11.1. The lowest BCUT2D eigenvalue weighted by Gasteiger charge is -2.16. The molecule has 140 valence electrons. The Hall–Kier alpha value is -4.20.